The number of nitrogens with one attached hydrogen (secondary N) is 4. The van der Waals surface area contributed by atoms with Crippen molar-refractivity contribution in [2.75, 3.05) is 36.9 Å². The van der Waals surface area contributed by atoms with E-state index in [1.54, 1.807) is 12.1 Å². The van der Waals surface area contributed by atoms with Crippen molar-refractivity contribution in [3.05, 3.63) is 154 Å². The molecule has 12 heteroatoms. The van der Waals surface area contributed by atoms with Crippen LogP contribution in [0.2, 0.25) is 0 Å². The summed E-state index contributed by atoms with van der Waals surface area (Å²) in [7, 11) is 0. The number of hydrogen-bond donors (Lipinski definition) is 6. The second-order valence-electron chi connectivity index (χ2n) is 19.5. The van der Waals surface area contributed by atoms with Crippen LogP contribution < -0.4 is 30.7 Å². The molecule has 0 heterocycles. The van der Waals surface area contributed by atoms with E-state index in [1.807, 2.05) is 51.1 Å². The van der Waals surface area contributed by atoms with Crippen molar-refractivity contribution in [1.82, 2.24) is 10.6 Å². The molecule has 0 saturated carbocycles. The molecule has 5 aromatic carbocycles. The fraction of sp³-hybridized carbons (Fsp3) is 0.443. The molecule has 2 atom stereocenters. The number of hydrogen-bond acceptors (Lipinski definition) is 8. The molecule has 0 saturated heterocycles. The van der Waals surface area contributed by atoms with E-state index in [2.05, 4.69) is 136 Å². The van der Waals surface area contributed by atoms with Crippen molar-refractivity contribution >= 4 is 35.0 Å². The van der Waals surface area contributed by atoms with E-state index in [4.69, 9.17) is 9.47 Å². The summed E-state index contributed by atoms with van der Waals surface area (Å²) in [6, 6.07) is 39.1. The van der Waals surface area contributed by atoms with E-state index in [9.17, 15) is 29.4 Å². The van der Waals surface area contributed by atoms with Gasteiger partial charge in [-0.05, 0) is 111 Å². The van der Waals surface area contributed by atoms with Crippen LogP contribution in [0.25, 0.3) is 0 Å². The van der Waals surface area contributed by atoms with Crippen LogP contribution in [0.5, 0.6) is 11.5 Å². The zero-order chi connectivity index (χ0) is 54.6. The summed E-state index contributed by atoms with van der Waals surface area (Å²) in [5.41, 5.74) is 9.98. The van der Waals surface area contributed by atoms with Crippen molar-refractivity contribution < 1.29 is 38.9 Å². The average Bonchev–Trinajstić information content (AvgIpc) is 3.35. The monoisotopic (exact) mass is 1000 g/mol. The lowest BCUT2D eigenvalue weighted by Gasteiger charge is -2.26. The molecule has 5 aromatic rings. The molecule has 0 aliphatic rings. The van der Waals surface area contributed by atoms with Crippen LogP contribution in [0.1, 0.15) is 147 Å². The highest BCUT2D eigenvalue weighted by molar-refractivity contribution is 5.93. The molecule has 0 radical (unpaired) electrons. The Morgan fingerprint density at radius 3 is 1.14 bits per heavy atom. The zero-order valence-corrected chi connectivity index (χ0v) is 46.0. The normalized spacial score (nSPS) is 11.6. The molecule has 4 amide bonds. The minimum atomic E-state index is -0.430. The van der Waals surface area contributed by atoms with Gasteiger partial charge in [-0.3, -0.25) is 19.2 Å². The van der Waals surface area contributed by atoms with Crippen LogP contribution in [0.3, 0.4) is 0 Å². The Morgan fingerprint density at radius 2 is 0.822 bits per heavy atom. The molecule has 0 aliphatic heterocycles. The maximum Gasteiger partial charge on any atom is 0.221 e. The lowest BCUT2D eigenvalue weighted by atomic mass is 9.78. The van der Waals surface area contributed by atoms with Gasteiger partial charge >= 0.3 is 0 Å². The summed E-state index contributed by atoms with van der Waals surface area (Å²) >= 11 is 0. The van der Waals surface area contributed by atoms with Crippen LogP contribution in [0, 0.1) is 20.8 Å². The number of carbonyl (C=O) groups excluding carboxylic acids is 4. The smallest absolute Gasteiger partial charge is 0.221 e. The van der Waals surface area contributed by atoms with Crippen LogP contribution >= 0.6 is 0 Å². The lowest BCUT2D eigenvalue weighted by molar-refractivity contribution is -0.119. The van der Waals surface area contributed by atoms with E-state index in [0.29, 0.717) is 37.4 Å². The van der Waals surface area contributed by atoms with E-state index in [0.717, 1.165) is 55.8 Å². The minimum Gasteiger partial charge on any atom is -0.491 e. The van der Waals surface area contributed by atoms with Gasteiger partial charge in [0.05, 0.1) is 12.2 Å². The SMILES string of the molecule is CC(=O)NCCCCCCNC(C)=O.CC(=O)Nc1ccc(C)c(NC(C)=O)c1.CCC(O)COc1ccc(C(C)(C)c2ccc(OCC(O)CC)cc2)cc1.Cc1ccc(C(C)(C)c2ccc(C)cc2)cc1. The van der Waals surface area contributed by atoms with Crippen LogP contribution in [0.15, 0.2) is 115 Å². The molecule has 0 bridgehead atoms. The standard InChI is InChI=1S/C23H32O4.C17H20.C11H14N2O2.C10H20N2O2/c1-5-19(24)15-26-21-11-7-17(8-12-21)23(3,4)18-9-13-22(14-10-18)27-16-20(25)6-2;1-13-5-9-15(10-6-13)17(3,4)16-11-7-14(2)8-12-16;1-7-4-5-10(12-8(2)14)6-11(7)13-9(3)15;1-9(13)11-7-5-3-4-6-8-12-10(2)14/h7-14,19-20,24-25H,5-6,15-16H2,1-4H3;5-12H,1-4H3;4-6H,1-3H3,(H,12,14)(H,13,15);3-8H2,1-2H3,(H,11,13)(H,12,14). The van der Waals surface area contributed by atoms with Crippen LogP contribution in [0.4, 0.5) is 11.4 Å². The third-order valence-electron chi connectivity index (χ3n) is 12.2. The maximum absolute atomic E-state index is 10.9. The third kappa shape index (κ3) is 24.7. The minimum absolute atomic E-state index is 0.0308. The number of anilines is 2. The molecular formula is C61H86N4O8. The summed E-state index contributed by atoms with van der Waals surface area (Å²) in [6.07, 6.45) is 4.73. The number of amides is 4. The Labute approximate surface area is 437 Å². The van der Waals surface area contributed by atoms with Crippen molar-refractivity contribution in [2.45, 2.75) is 152 Å². The van der Waals surface area contributed by atoms with Gasteiger partial charge in [0.25, 0.3) is 0 Å². The number of rotatable bonds is 21. The summed E-state index contributed by atoms with van der Waals surface area (Å²) in [5, 5.41) is 30.1. The number of ether oxygens (including phenoxy) is 2. The number of benzene rings is 5. The van der Waals surface area contributed by atoms with Gasteiger partial charge in [-0.1, -0.05) is 144 Å². The number of unbranched alkanes of at least 4 members (excludes halogenated alkanes) is 3. The second-order valence-corrected chi connectivity index (χ2v) is 19.5. The van der Waals surface area contributed by atoms with Gasteiger partial charge in [-0.15, -0.1) is 0 Å². The Bertz CT molecular complexity index is 2270. The Balaban J connectivity index is 0.000000348. The topological polar surface area (TPSA) is 175 Å². The molecule has 12 nitrogen and oxygen atoms in total. The summed E-state index contributed by atoms with van der Waals surface area (Å²) in [5.74, 6) is 1.33. The van der Waals surface area contributed by atoms with E-state index < -0.39 is 12.2 Å². The van der Waals surface area contributed by atoms with Crippen LogP contribution in [-0.4, -0.2) is 72.4 Å². The first-order valence-electron chi connectivity index (χ1n) is 25.6. The predicted octanol–water partition coefficient (Wildman–Crippen LogP) is 11.7. The molecule has 0 aliphatic carbocycles. The van der Waals surface area contributed by atoms with E-state index in [-0.39, 0.29) is 34.5 Å². The Morgan fingerprint density at radius 1 is 0.479 bits per heavy atom. The van der Waals surface area contributed by atoms with Crippen molar-refractivity contribution in [1.29, 1.82) is 0 Å². The van der Waals surface area contributed by atoms with E-state index >= 15 is 0 Å². The lowest BCUT2D eigenvalue weighted by Crippen LogP contribution is -2.21. The van der Waals surface area contributed by atoms with Gasteiger partial charge in [-0.2, -0.15) is 0 Å². The third-order valence-corrected chi connectivity index (χ3v) is 12.2. The first-order valence-corrected chi connectivity index (χ1v) is 25.6. The molecule has 0 aromatic heterocycles. The molecule has 5 rings (SSSR count). The first kappa shape index (κ1) is 62.6. The average molecular weight is 1000 g/mol. The fourth-order valence-electron chi connectivity index (χ4n) is 7.19. The highest BCUT2D eigenvalue weighted by Crippen LogP contribution is 2.34. The van der Waals surface area contributed by atoms with Crippen molar-refractivity contribution in [2.24, 2.45) is 0 Å². The van der Waals surface area contributed by atoms with Gasteiger partial charge in [0.2, 0.25) is 23.6 Å². The van der Waals surface area contributed by atoms with E-state index in [1.165, 1.54) is 61.1 Å². The molecule has 398 valence electrons. The van der Waals surface area contributed by atoms with Crippen LogP contribution in [-0.2, 0) is 30.0 Å². The number of aliphatic hydroxyl groups is 2. The number of aryl methyl sites for hydroxylation is 3. The van der Waals surface area contributed by atoms with Gasteiger partial charge in [0.15, 0.2) is 0 Å². The number of aliphatic hydroxyl groups excluding tert-OH is 2. The second kappa shape index (κ2) is 32.5. The molecule has 0 spiro atoms. The van der Waals surface area contributed by atoms with Crippen molar-refractivity contribution in [3.8, 4) is 11.5 Å². The summed E-state index contributed by atoms with van der Waals surface area (Å²) < 4.78 is 11.2. The Hall–Kier alpha value is -6.50. The molecule has 0 fully saturated rings. The highest BCUT2D eigenvalue weighted by atomic mass is 16.5. The number of carbonyl (C=O) groups is 4. The molecule has 73 heavy (non-hydrogen) atoms. The summed E-state index contributed by atoms with van der Waals surface area (Å²) in [6.45, 7) is 27.0. The molecule has 2 unspecified atom stereocenters. The molecule has 6 N–H and O–H groups in total. The largest absolute Gasteiger partial charge is 0.491 e. The maximum atomic E-state index is 10.9. The van der Waals surface area contributed by atoms with Gasteiger partial charge < -0.3 is 41.0 Å². The molecular weight excluding hydrogens is 917 g/mol. The summed E-state index contributed by atoms with van der Waals surface area (Å²) in [4.78, 5) is 42.7. The van der Waals surface area contributed by atoms with Crippen molar-refractivity contribution in [3.63, 3.8) is 0 Å². The quantitative estimate of drug-likeness (QED) is 0.0394. The highest BCUT2D eigenvalue weighted by Gasteiger charge is 2.24. The van der Waals surface area contributed by atoms with Gasteiger partial charge in [0, 0.05) is 63.0 Å². The van der Waals surface area contributed by atoms with Gasteiger partial charge in [0.1, 0.15) is 24.7 Å². The first-order chi connectivity index (χ1) is 34.5. The predicted molar refractivity (Wildman–Crippen MR) is 299 cm³/mol. The zero-order valence-electron chi connectivity index (χ0n) is 46.0. The Kier molecular flexibility index (Phi) is 27.9. The fourth-order valence-corrected chi connectivity index (χ4v) is 7.19. The van der Waals surface area contributed by atoms with Gasteiger partial charge in [-0.25, -0.2) is 0 Å².